The number of halogens is 2. The Morgan fingerprint density at radius 2 is 2.00 bits per heavy atom. The molecule has 0 bridgehead atoms. The van der Waals surface area contributed by atoms with Crippen LogP contribution in [-0.2, 0) is 19.1 Å². The molecule has 0 unspecified atom stereocenters. The van der Waals surface area contributed by atoms with Crippen molar-refractivity contribution in [3.63, 3.8) is 0 Å². The molecular weight excluding hydrogens is 506 g/mol. The van der Waals surface area contributed by atoms with Crippen molar-refractivity contribution in [2.24, 2.45) is 5.92 Å². The number of hydrogen-bond donors (Lipinski definition) is 1. The minimum Gasteiger partial charge on any atom is -0.455 e. The van der Waals surface area contributed by atoms with Gasteiger partial charge in [0.15, 0.2) is 6.61 Å². The number of benzene rings is 2. The van der Waals surface area contributed by atoms with Gasteiger partial charge in [-0.05, 0) is 53.5 Å². The van der Waals surface area contributed by atoms with Crippen molar-refractivity contribution < 1.29 is 24.0 Å². The van der Waals surface area contributed by atoms with Crippen LogP contribution >= 0.6 is 27.5 Å². The maximum Gasteiger partial charge on any atom is 0.311 e. The predicted molar refractivity (Wildman–Crippen MR) is 122 cm³/mol. The topological polar surface area (TPSA) is 119 Å². The summed E-state index contributed by atoms with van der Waals surface area (Å²) in [5.74, 6) is -2.37. The van der Waals surface area contributed by atoms with Crippen molar-refractivity contribution in [3.05, 3.63) is 61.1 Å². The lowest BCUT2D eigenvalue weighted by molar-refractivity contribution is -0.385. The number of ether oxygens (including phenoxy) is 1. The molecule has 168 valence electrons. The van der Waals surface area contributed by atoms with E-state index in [0.717, 1.165) is 5.56 Å². The first-order chi connectivity index (χ1) is 15.1. The molecule has 0 aliphatic carbocycles. The van der Waals surface area contributed by atoms with Crippen molar-refractivity contribution in [1.82, 2.24) is 0 Å². The van der Waals surface area contributed by atoms with Gasteiger partial charge in [-0.25, -0.2) is 0 Å². The van der Waals surface area contributed by atoms with Crippen molar-refractivity contribution >= 4 is 62.4 Å². The lowest BCUT2D eigenvalue weighted by Crippen LogP contribution is -2.28. The smallest absolute Gasteiger partial charge is 0.311 e. The maximum atomic E-state index is 12.4. The van der Waals surface area contributed by atoms with Gasteiger partial charge in [-0.15, -0.1) is 0 Å². The molecule has 9 nitrogen and oxygen atoms in total. The van der Waals surface area contributed by atoms with Gasteiger partial charge in [-0.3, -0.25) is 24.5 Å². The Hall–Kier alpha value is -2.98. The van der Waals surface area contributed by atoms with Gasteiger partial charge in [0.2, 0.25) is 5.91 Å². The number of amides is 2. The van der Waals surface area contributed by atoms with Crippen LogP contribution in [0.5, 0.6) is 0 Å². The number of carbonyl (C=O) groups excluding carboxylic acids is 3. The lowest BCUT2D eigenvalue weighted by Gasteiger charge is -2.17. The van der Waals surface area contributed by atoms with Gasteiger partial charge in [0.05, 0.1) is 21.6 Å². The molecule has 3 rings (SSSR count). The van der Waals surface area contributed by atoms with Gasteiger partial charge in [-0.2, -0.15) is 0 Å². The fourth-order valence-electron chi connectivity index (χ4n) is 3.30. The van der Waals surface area contributed by atoms with E-state index in [2.05, 4.69) is 21.2 Å². The summed E-state index contributed by atoms with van der Waals surface area (Å²) < 4.78 is 5.78. The van der Waals surface area contributed by atoms with Gasteiger partial charge in [0.1, 0.15) is 0 Å². The van der Waals surface area contributed by atoms with Crippen LogP contribution in [0.2, 0.25) is 5.02 Å². The van der Waals surface area contributed by atoms with Crippen LogP contribution in [0.4, 0.5) is 17.1 Å². The SMILES string of the molecule is Cc1cc(Br)c(Cl)cc1NC(=O)COC(=O)[C@H]1CC(=O)N(c2ccc(C)c([N+](=O)[O-])c2)C1. The van der Waals surface area contributed by atoms with Crippen LogP contribution in [0.3, 0.4) is 0 Å². The van der Waals surface area contributed by atoms with E-state index in [1.165, 1.54) is 11.0 Å². The van der Waals surface area contributed by atoms with E-state index in [4.69, 9.17) is 16.3 Å². The number of carbonyl (C=O) groups is 3. The number of nitrogens with one attached hydrogen (secondary N) is 1. The van der Waals surface area contributed by atoms with E-state index in [-0.39, 0.29) is 24.6 Å². The maximum absolute atomic E-state index is 12.4. The third kappa shape index (κ3) is 5.25. The molecule has 1 saturated heterocycles. The number of esters is 1. The van der Waals surface area contributed by atoms with Crippen molar-refractivity contribution in [3.8, 4) is 0 Å². The number of nitro groups is 1. The number of rotatable bonds is 6. The molecular formula is C21H19BrClN3O6. The summed E-state index contributed by atoms with van der Waals surface area (Å²) in [7, 11) is 0. The zero-order valence-corrected chi connectivity index (χ0v) is 19.5. The summed E-state index contributed by atoms with van der Waals surface area (Å²) in [4.78, 5) is 48.9. The number of nitrogens with zero attached hydrogens (tertiary/aromatic N) is 2. The summed E-state index contributed by atoms with van der Waals surface area (Å²) in [5, 5.41) is 14.2. The van der Waals surface area contributed by atoms with E-state index in [1.54, 1.807) is 38.1 Å². The normalized spacial score (nSPS) is 15.6. The second kappa shape index (κ2) is 9.66. The van der Waals surface area contributed by atoms with Crippen molar-refractivity contribution in [1.29, 1.82) is 0 Å². The molecule has 1 fully saturated rings. The van der Waals surface area contributed by atoms with E-state index < -0.39 is 29.3 Å². The average Bonchev–Trinajstić information content (AvgIpc) is 3.12. The summed E-state index contributed by atoms with van der Waals surface area (Å²) in [6.45, 7) is 2.88. The minimum atomic E-state index is -0.778. The Balaban J connectivity index is 1.59. The molecule has 2 aromatic carbocycles. The number of hydrogen-bond acceptors (Lipinski definition) is 6. The first-order valence-corrected chi connectivity index (χ1v) is 10.7. The molecule has 0 saturated carbocycles. The molecule has 32 heavy (non-hydrogen) atoms. The molecule has 1 heterocycles. The minimum absolute atomic E-state index is 0.0148. The van der Waals surface area contributed by atoms with Gasteiger partial charge in [0.25, 0.3) is 11.6 Å². The highest BCUT2D eigenvalue weighted by molar-refractivity contribution is 9.10. The summed E-state index contributed by atoms with van der Waals surface area (Å²) in [5.41, 5.74) is 1.95. The molecule has 1 N–H and O–H groups in total. The van der Waals surface area contributed by atoms with E-state index in [0.29, 0.717) is 26.4 Å². The van der Waals surface area contributed by atoms with Crippen LogP contribution in [0.1, 0.15) is 17.5 Å². The Bertz CT molecular complexity index is 1120. The van der Waals surface area contributed by atoms with Gasteiger partial charge < -0.3 is 15.0 Å². The van der Waals surface area contributed by atoms with E-state index in [1.807, 2.05) is 0 Å². The standard InChI is InChI=1S/C21H19BrClN3O6/c1-11-3-4-14(7-18(11)26(30)31)25-9-13(6-20(25)28)21(29)32-10-19(27)24-17-8-16(23)15(22)5-12(17)2/h3-5,7-8,13H,6,9-10H2,1-2H3,(H,24,27)/t13-/m0/s1. The zero-order chi connectivity index (χ0) is 23.6. The molecule has 0 aromatic heterocycles. The molecule has 2 amide bonds. The highest BCUT2D eigenvalue weighted by atomic mass is 79.9. The first-order valence-electron chi connectivity index (χ1n) is 9.54. The van der Waals surface area contributed by atoms with E-state index >= 15 is 0 Å². The fraction of sp³-hybridized carbons (Fsp3) is 0.286. The Morgan fingerprint density at radius 3 is 2.69 bits per heavy atom. The highest BCUT2D eigenvalue weighted by Crippen LogP contribution is 2.31. The molecule has 1 aliphatic rings. The van der Waals surface area contributed by atoms with Gasteiger partial charge in [-0.1, -0.05) is 17.7 Å². The zero-order valence-electron chi connectivity index (χ0n) is 17.2. The Kier molecular flexibility index (Phi) is 7.15. The molecule has 11 heteroatoms. The second-order valence-electron chi connectivity index (χ2n) is 7.37. The second-order valence-corrected chi connectivity index (χ2v) is 8.63. The molecule has 0 spiro atoms. The number of anilines is 2. The Labute approximate surface area is 196 Å². The fourth-order valence-corrected chi connectivity index (χ4v) is 3.92. The van der Waals surface area contributed by atoms with Crippen LogP contribution < -0.4 is 10.2 Å². The predicted octanol–water partition coefficient (Wildman–Crippen LogP) is 4.16. The Morgan fingerprint density at radius 1 is 1.28 bits per heavy atom. The lowest BCUT2D eigenvalue weighted by atomic mass is 10.1. The largest absolute Gasteiger partial charge is 0.455 e. The molecule has 1 atom stereocenters. The average molecular weight is 525 g/mol. The van der Waals surface area contributed by atoms with Crippen molar-refractivity contribution in [2.75, 3.05) is 23.4 Å². The molecule has 2 aromatic rings. The number of nitro benzene ring substituents is 1. The summed E-state index contributed by atoms with van der Waals surface area (Å²) >= 11 is 9.33. The quantitative estimate of drug-likeness (QED) is 0.344. The molecule has 0 radical (unpaired) electrons. The highest BCUT2D eigenvalue weighted by Gasteiger charge is 2.37. The third-order valence-corrected chi connectivity index (χ3v) is 6.24. The monoisotopic (exact) mass is 523 g/mol. The first kappa shape index (κ1) is 23.7. The van der Waals surface area contributed by atoms with Crippen LogP contribution in [0.25, 0.3) is 0 Å². The number of aryl methyl sites for hydroxylation is 2. The van der Waals surface area contributed by atoms with Crippen LogP contribution in [-0.4, -0.2) is 35.9 Å². The third-order valence-electron chi connectivity index (χ3n) is 5.05. The molecule has 1 aliphatic heterocycles. The van der Waals surface area contributed by atoms with E-state index in [9.17, 15) is 24.5 Å². The summed E-state index contributed by atoms with van der Waals surface area (Å²) in [6.07, 6.45) is -0.108. The van der Waals surface area contributed by atoms with Gasteiger partial charge >= 0.3 is 5.97 Å². The van der Waals surface area contributed by atoms with Crippen molar-refractivity contribution in [2.45, 2.75) is 20.3 Å². The van der Waals surface area contributed by atoms with Crippen LogP contribution in [0.15, 0.2) is 34.8 Å². The van der Waals surface area contributed by atoms with Crippen LogP contribution in [0, 0.1) is 29.9 Å². The van der Waals surface area contributed by atoms with Gasteiger partial charge in [0, 0.05) is 34.8 Å². The summed E-state index contributed by atoms with van der Waals surface area (Å²) in [6, 6.07) is 7.77.